The molecule has 0 spiro atoms. The summed E-state index contributed by atoms with van der Waals surface area (Å²) in [6.07, 6.45) is -3.08. The normalized spacial score (nSPS) is 12.3. The first kappa shape index (κ1) is 13.9. The molecule has 1 aromatic rings. The van der Waals surface area contributed by atoms with Crippen molar-refractivity contribution in [1.82, 2.24) is 0 Å². The van der Waals surface area contributed by atoms with Gasteiger partial charge in [-0.05, 0) is 18.2 Å². The van der Waals surface area contributed by atoms with E-state index in [1.165, 1.54) is 18.2 Å². The van der Waals surface area contributed by atoms with E-state index in [0.29, 0.717) is 0 Å². The molecule has 0 bridgehead atoms. The van der Waals surface area contributed by atoms with Gasteiger partial charge in [-0.25, -0.2) is 8.78 Å². The highest BCUT2D eigenvalue weighted by Crippen LogP contribution is 2.29. The van der Waals surface area contributed by atoms with E-state index in [1.54, 1.807) is 0 Å². The SMILES string of the molecule is Cl.N[C@H](CC(F)F)c1cc(O)ccc1O. The molecule has 0 aliphatic rings. The van der Waals surface area contributed by atoms with Crippen molar-refractivity contribution in [3.8, 4) is 11.5 Å². The molecule has 1 atom stereocenters. The molecule has 0 saturated heterocycles. The zero-order valence-corrected chi connectivity index (χ0v) is 8.55. The molecule has 0 fully saturated rings. The molecule has 0 unspecified atom stereocenters. The number of aromatic hydroxyl groups is 2. The van der Waals surface area contributed by atoms with Crippen LogP contribution in [0.1, 0.15) is 18.0 Å². The van der Waals surface area contributed by atoms with Crippen LogP contribution in [0.15, 0.2) is 18.2 Å². The Labute approximate surface area is 91.9 Å². The van der Waals surface area contributed by atoms with Gasteiger partial charge in [0.25, 0.3) is 0 Å². The van der Waals surface area contributed by atoms with E-state index < -0.39 is 18.9 Å². The Bertz CT molecular complexity index is 323. The fourth-order valence-corrected chi connectivity index (χ4v) is 1.16. The third kappa shape index (κ3) is 3.89. The lowest BCUT2D eigenvalue weighted by Crippen LogP contribution is -2.14. The average Bonchev–Trinajstić information content (AvgIpc) is 2.08. The summed E-state index contributed by atoms with van der Waals surface area (Å²) in [5.74, 6) is -0.293. The second-order valence-corrected chi connectivity index (χ2v) is 2.98. The summed E-state index contributed by atoms with van der Waals surface area (Å²) < 4.78 is 24.0. The molecule has 6 heteroatoms. The number of hydrogen-bond acceptors (Lipinski definition) is 3. The molecule has 0 aliphatic heterocycles. The summed E-state index contributed by atoms with van der Waals surface area (Å²) in [7, 11) is 0. The van der Waals surface area contributed by atoms with Gasteiger partial charge in [0.1, 0.15) is 11.5 Å². The largest absolute Gasteiger partial charge is 0.508 e. The van der Waals surface area contributed by atoms with Gasteiger partial charge in [-0.3, -0.25) is 0 Å². The van der Waals surface area contributed by atoms with Crippen LogP contribution in [0, 0.1) is 0 Å². The van der Waals surface area contributed by atoms with Crippen LogP contribution in [0.2, 0.25) is 0 Å². The van der Waals surface area contributed by atoms with Crippen LogP contribution in [0.5, 0.6) is 11.5 Å². The summed E-state index contributed by atoms with van der Waals surface area (Å²) in [4.78, 5) is 0. The summed E-state index contributed by atoms with van der Waals surface area (Å²) in [6.45, 7) is 0. The highest BCUT2D eigenvalue weighted by Gasteiger charge is 2.16. The van der Waals surface area contributed by atoms with Crippen molar-refractivity contribution in [1.29, 1.82) is 0 Å². The number of halogens is 3. The molecule has 0 radical (unpaired) electrons. The van der Waals surface area contributed by atoms with Crippen LogP contribution in [0.25, 0.3) is 0 Å². The van der Waals surface area contributed by atoms with Crippen molar-refractivity contribution < 1.29 is 19.0 Å². The van der Waals surface area contributed by atoms with Crippen LogP contribution < -0.4 is 5.73 Å². The third-order valence-electron chi connectivity index (χ3n) is 1.84. The average molecular weight is 240 g/mol. The lowest BCUT2D eigenvalue weighted by molar-refractivity contribution is 0.128. The summed E-state index contributed by atoms with van der Waals surface area (Å²) in [5.41, 5.74) is 5.54. The molecular weight excluding hydrogens is 228 g/mol. The van der Waals surface area contributed by atoms with Crippen LogP contribution in [-0.4, -0.2) is 16.6 Å². The molecule has 1 aromatic carbocycles. The van der Waals surface area contributed by atoms with E-state index in [9.17, 15) is 13.9 Å². The van der Waals surface area contributed by atoms with Crippen LogP contribution in [-0.2, 0) is 0 Å². The second kappa shape index (κ2) is 5.72. The Hall–Kier alpha value is -1.07. The van der Waals surface area contributed by atoms with E-state index in [-0.39, 0.29) is 29.5 Å². The van der Waals surface area contributed by atoms with E-state index in [1.807, 2.05) is 0 Å². The third-order valence-corrected chi connectivity index (χ3v) is 1.84. The van der Waals surface area contributed by atoms with Gasteiger partial charge in [-0.2, -0.15) is 0 Å². The van der Waals surface area contributed by atoms with Gasteiger partial charge < -0.3 is 15.9 Å². The molecule has 0 saturated carbocycles. The number of rotatable bonds is 3. The predicted octanol–water partition coefficient (Wildman–Crippen LogP) is 2.17. The molecule has 86 valence electrons. The van der Waals surface area contributed by atoms with Gasteiger partial charge in [0.15, 0.2) is 0 Å². The predicted molar refractivity (Wildman–Crippen MR) is 54.6 cm³/mol. The fraction of sp³-hybridized carbons (Fsp3) is 0.333. The Kier molecular flexibility index (Phi) is 5.32. The molecule has 1 rings (SSSR count). The van der Waals surface area contributed by atoms with E-state index >= 15 is 0 Å². The Balaban J connectivity index is 0.00000196. The van der Waals surface area contributed by atoms with Gasteiger partial charge in [-0.15, -0.1) is 12.4 Å². The smallest absolute Gasteiger partial charge is 0.240 e. The minimum absolute atomic E-state index is 0. The molecule has 0 heterocycles. The molecule has 0 amide bonds. The monoisotopic (exact) mass is 239 g/mol. The summed E-state index contributed by atoms with van der Waals surface area (Å²) in [5, 5.41) is 18.3. The zero-order chi connectivity index (χ0) is 10.7. The molecule has 3 nitrogen and oxygen atoms in total. The fourth-order valence-electron chi connectivity index (χ4n) is 1.16. The van der Waals surface area contributed by atoms with Gasteiger partial charge >= 0.3 is 0 Å². The number of hydrogen-bond donors (Lipinski definition) is 3. The molecule has 15 heavy (non-hydrogen) atoms. The Morgan fingerprint density at radius 2 is 1.87 bits per heavy atom. The minimum Gasteiger partial charge on any atom is -0.508 e. The first-order chi connectivity index (χ1) is 6.50. The highest BCUT2D eigenvalue weighted by atomic mass is 35.5. The van der Waals surface area contributed by atoms with Gasteiger partial charge in [0, 0.05) is 18.0 Å². The lowest BCUT2D eigenvalue weighted by atomic mass is 10.0. The summed E-state index contributed by atoms with van der Waals surface area (Å²) >= 11 is 0. The standard InChI is InChI=1S/C9H11F2NO2.ClH/c10-9(11)4-7(12)6-3-5(13)1-2-8(6)14;/h1-3,7,9,13-14H,4,12H2;1H/t7-;/m1./s1. The molecule has 0 aliphatic carbocycles. The van der Waals surface area contributed by atoms with Crippen molar-refractivity contribution in [2.75, 3.05) is 0 Å². The van der Waals surface area contributed by atoms with Gasteiger partial charge in [0.2, 0.25) is 6.43 Å². The Morgan fingerprint density at radius 3 is 2.40 bits per heavy atom. The van der Waals surface area contributed by atoms with Crippen LogP contribution >= 0.6 is 12.4 Å². The molecular formula is C9H12ClF2NO2. The first-order valence-corrected chi connectivity index (χ1v) is 4.06. The van der Waals surface area contributed by atoms with E-state index in [2.05, 4.69) is 0 Å². The number of phenols is 2. The van der Waals surface area contributed by atoms with E-state index in [0.717, 1.165) is 0 Å². The number of nitrogens with two attached hydrogens (primary N) is 1. The van der Waals surface area contributed by atoms with Crippen molar-refractivity contribution in [2.45, 2.75) is 18.9 Å². The second-order valence-electron chi connectivity index (χ2n) is 2.98. The molecule has 0 aromatic heterocycles. The van der Waals surface area contributed by atoms with Crippen molar-refractivity contribution >= 4 is 12.4 Å². The van der Waals surface area contributed by atoms with Crippen molar-refractivity contribution in [3.05, 3.63) is 23.8 Å². The number of benzene rings is 1. The first-order valence-electron chi connectivity index (χ1n) is 4.06. The van der Waals surface area contributed by atoms with Crippen LogP contribution in [0.4, 0.5) is 8.78 Å². The topological polar surface area (TPSA) is 66.5 Å². The number of alkyl halides is 2. The van der Waals surface area contributed by atoms with E-state index in [4.69, 9.17) is 10.8 Å². The van der Waals surface area contributed by atoms with Crippen molar-refractivity contribution in [2.24, 2.45) is 5.73 Å². The van der Waals surface area contributed by atoms with Crippen molar-refractivity contribution in [3.63, 3.8) is 0 Å². The zero-order valence-electron chi connectivity index (χ0n) is 7.73. The van der Waals surface area contributed by atoms with Gasteiger partial charge in [0.05, 0.1) is 0 Å². The maximum atomic E-state index is 12.0. The highest BCUT2D eigenvalue weighted by molar-refractivity contribution is 5.85. The number of phenolic OH excluding ortho intramolecular Hbond substituents is 2. The lowest BCUT2D eigenvalue weighted by Gasteiger charge is -2.13. The Morgan fingerprint density at radius 1 is 1.27 bits per heavy atom. The van der Waals surface area contributed by atoms with Gasteiger partial charge in [-0.1, -0.05) is 0 Å². The quantitative estimate of drug-likeness (QED) is 0.709. The van der Waals surface area contributed by atoms with Crippen LogP contribution in [0.3, 0.4) is 0 Å². The maximum Gasteiger partial charge on any atom is 0.240 e. The molecule has 4 N–H and O–H groups in total. The summed E-state index contributed by atoms with van der Waals surface area (Å²) in [6, 6.07) is 2.69. The maximum absolute atomic E-state index is 12.0. The minimum atomic E-state index is -2.54.